The number of aromatic nitrogens is 2. The molecule has 0 N–H and O–H groups in total. The van der Waals surface area contributed by atoms with E-state index in [4.69, 9.17) is 9.84 Å². The molecule has 3 rings (SSSR count). The SMILES string of the molecule is CC[Si](CC)(CC)CCOCn1nc(/C=C/c2ccccc2)c2cc[c]([Sn]([CH3])([CH3])[CH3])cc21. The van der Waals surface area contributed by atoms with E-state index in [1.165, 1.54) is 44.2 Å². The standard InChI is InChI=1S/C24H31N2OSi.3CH3.Sn/c1-4-28(5-2,6-3)19-18-27-20-26-24-15-11-10-14-22(24)23(25-26)17-16-21-12-8-7-9-13-21;;;;/h7-10,12-17H,4-6,18-20H2,1-3H3;3*1H3;/b17-16+;;;;. The maximum absolute atomic E-state index is 6.22. The normalized spacial score (nSPS) is 12.8. The van der Waals surface area contributed by atoms with E-state index in [1.54, 1.807) is 0 Å². The van der Waals surface area contributed by atoms with Crippen LogP contribution in [0.15, 0.2) is 48.5 Å². The second-order valence-corrected chi connectivity index (χ2v) is 30.1. The molecule has 0 spiro atoms. The third-order valence-electron chi connectivity index (χ3n) is 7.12. The molecule has 32 heavy (non-hydrogen) atoms. The van der Waals surface area contributed by atoms with E-state index in [0.29, 0.717) is 6.73 Å². The van der Waals surface area contributed by atoms with Gasteiger partial charge in [0.15, 0.2) is 0 Å². The molecule has 0 fully saturated rings. The first-order valence-corrected chi connectivity index (χ1v) is 25.0. The van der Waals surface area contributed by atoms with Gasteiger partial charge in [0.25, 0.3) is 0 Å². The van der Waals surface area contributed by atoms with Crippen LogP contribution in [-0.4, -0.2) is 42.8 Å². The van der Waals surface area contributed by atoms with Crippen molar-refractivity contribution in [1.82, 2.24) is 9.78 Å². The van der Waals surface area contributed by atoms with Crippen LogP contribution in [0.3, 0.4) is 0 Å². The van der Waals surface area contributed by atoms with Gasteiger partial charge in [-0.15, -0.1) is 0 Å². The van der Waals surface area contributed by atoms with Crippen molar-refractivity contribution in [2.75, 3.05) is 6.61 Å². The zero-order valence-corrected chi connectivity index (χ0v) is 24.7. The summed E-state index contributed by atoms with van der Waals surface area (Å²) in [6.07, 6.45) is 4.28. The molecule has 2 aromatic carbocycles. The van der Waals surface area contributed by atoms with Crippen LogP contribution in [-0.2, 0) is 11.5 Å². The molecule has 0 unspecified atom stereocenters. The molecule has 0 aliphatic heterocycles. The van der Waals surface area contributed by atoms with E-state index in [1.807, 2.05) is 6.07 Å². The Balaban J connectivity index is 1.86. The minimum atomic E-state index is -2.18. The van der Waals surface area contributed by atoms with Crippen molar-refractivity contribution in [2.45, 2.75) is 66.5 Å². The first-order valence-electron chi connectivity index (χ1n) is 12.1. The third-order valence-corrected chi connectivity index (χ3v) is 18.7. The van der Waals surface area contributed by atoms with E-state index < -0.39 is 26.5 Å². The van der Waals surface area contributed by atoms with E-state index in [-0.39, 0.29) is 0 Å². The van der Waals surface area contributed by atoms with Crippen LogP contribution in [0.4, 0.5) is 0 Å². The summed E-state index contributed by atoms with van der Waals surface area (Å²) in [5.41, 5.74) is 3.41. The summed E-state index contributed by atoms with van der Waals surface area (Å²) in [5, 5.41) is 6.17. The van der Waals surface area contributed by atoms with Crippen LogP contribution in [0.25, 0.3) is 23.1 Å². The molecule has 1 heterocycles. The summed E-state index contributed by atoms with van der Waals surface area (Å²) in [4.78, 5) is 7.40. The van der Waals surface area contributed by atoms with Gasteiger partial charge in [0, 0.05) is 0 Å². The first kappa shape index (κ1) is 25.3. The van der Waals surface area contributed by atoms with Gasteiger partial charge in [-0.2, -0.15) is 0 Å². The van der Waals surface area contributed by atoms with Gasteiger partial charge >= 0.3 is 200 Å². The Kier molecular flexibility index (Phi) is 8.81. The Morgan fingerprint density at radius 3 is 2.25 bits per heavy atom. The fourth-order valence-corrected chi connectivity index (χ4v) is 10.8. The van der Waals surface area contributed by atoms with Gasteiger partial charge in [-0.3, -0.25) is 0 Å². The Hall–Kier alpha value is -1.37. The fraction of sp³-hybridized carbons (Fsp3) is 0.444. The van der Waals surface area contributed by atoms with Crippen LogP contribution >= 0.6 is 0 Å². The predicted molar refractivity (Wildman–Crippen MR) is 146 cm³/mol. The summed E-state index contributed by atoms with van der Waals surface area (Å²) >= 11 is -2.18. The predicted octanol–water partition coefficient (Wildman–Crippen LogP) is 7.23. The molecule has 0 radical (unpaired) electrons. The summed E-state index contributed by atoms with van der Waals surface area (Å²) in [7, 11) is -1.15. The summed E-state index contributed by atoms with van der Waals surface area (Å²) in [5.74, 6) is 0. The topological polar surface area (TPSA) is 27.1 Å². The van der Waals surface area contributed by atoms with E-state index in [2.05, 4.69) is 94.9 Å². The van der Waals surface area contributed by atoms with Gasteiger partial charge in [-0.1, -0.05) is 0 Å². The monoisotopic (exact) mass is 556 g/mol. The Labute approximate surface area is 199 Å². The molecule has 0 aliphatic rings. The van der Waals surface area contributed by atoms with Crippen LogP contribution in [0.1, 0.15) is 32.0 Å². The molecular formula is C27H40N2OSiSn. The second kappa shape index (κ2) is 11.2. The van der Waals surface area contributed by atoms with Gasteiger partial charge in [0.1, 0.15) is 0 Å². The van der Waals surface area contributed by atoms with Gasteiger partial charge in [0.05, 0.1) is 0 Å². The first-order chi connectivity index (χ1) is 15.3. The molecule has 3 aromatic rings. The number of benzene rings is 2. The molecule has 0 aliphatic carbocycles. The van der Waals surface area contributed by atoms with Crippen molar-refractivity contribution < 1.29 is 4.74 Å². The Morgan fingerprint density at radius 2 is 1.62 bits per heavy atom. The summed E-state index contributed by atoms with van der Waals surface area (Å²) in [6.45, 7) is 8.47. The van der Waals surface area contributed by atoms with Crippen molar-refractivity contribution in [3.63, 3.8) is 0 Å². The van der Waals surface area contributed by atoms with E-state index in [0.717, 1.165) is 12.3 Å². The molecule has 3 nitrogen and oxygen atoms in total. The molecule has 0 amide bonds. The molecule has 0 saturated heterocycles. The number of hydrogen-bond donors (Lipinski definition) is 0. The average molecular weight is 555 g/mol. The molecule has 0 saturated carbocycles. The van der Waals surface area contributed by atoms with Crippen molar-refractivity contribution >= 4 is 53.1 Å². The van der Waals surface area contributed by atoms with Gasteiger partial charge < -0.3 is 0 Å². The molecule has 0 atom stereocenters. The molecule has 0 bridgehead atoms. The number of rotatable bonds is 11. The van der Waals surface area contributed by atoms with Crippen LogP contribution < -0.4 is 3.58 Å². The Morgan fingerprint density at radius 1 is 0.938 bits per heavy atom. The van der Waals surface area contributed by atoms with Crippen molar-refractivity contribution in [3.05, 3.63) is 59.8 Å². The average Bonchev–Trinajstić information content (AvgIpc) is 3.15. The van der Waals surface area contributed by atoms with Crippen molar-refractivity contribution in [1.29, 1.82) is 0 Å². The zero-order chi connectivity index (χ0) is 23.2. The number of hydrogen-bond acceptors (Lipinski definition) is 2. The molecular weight excluding hydrogens is 515 g/mol. The van der Waals surface area contributed by atoms with Gasteiger partial charge in [0.2, 0.25) is 0 Å². The van der Waals surface area contributed by atoms with Crippen molar-refractivity contribution in [3.8, 4) is 0 Å². The van der Waals surface area contributed by atoms with Gasteiger partial charge in [-0.25, -0.2) is 0 Å². The number of ether oxygens (including phenoxy) is 1. The van der Waals surface area contributed by atoms with Gasteiger partial charge in [-0.05, 0) is 0 Å². The van der Waals surface area contributed by atoms with Crippen molar-refractivity contribution in [2.24, 2.45) is 0 Å². The molecule has 1 aromatic heterocycles. The van der Waals surface area contributed by atoms with E-state index in [9.17, 15) is 0 Å². The van der Waals surface area contributed by atoms with Crippen LogP contribution in [0.5, 0.6) is 0 Å². The summed E-state index contributed by atoms with van der Waals surface area (Å²) in [6, 6.07) is 22.7. The maximum atomic E-state index is 6.22. The number of fused-ring (bicyclic) bond motifs is 1. The van der Waals surface area contributed by atoms with Crippen LogP contribution in [0.2, 0.25) is 39.0 Å². The molecule has 5 heteroatoms. The fourth-order valence-electron chi connectivity index (χ4n) is 4.35. The number of nitrogens with zero attached hydrogens (tertiary/aromatic N) is 2. The van der Waals surface area contributed by atoms with Crippen LogP contribution in [0, 0.1) is 0 Å². The third kappa shape index (κ3) is 6.14. The Bertz CT molecular complexity index is 1020. The van der Waals surface area contributed by atoms with E-state index >= 15 is 0 Å². The second-order valence-electron chi connectivity index (χ2n) is 9.96. The molecule has 172 valence electrons. The zero-order valence-electron chi connectivity index (χ0n) is 20.8. The minimum absolute atomic E-state index is 0.528. The quantitative estimate of drug-likeness (QED) is 0.184. The summed E-state index contributed by atoms with van der Waals surface area (Å²) < 4.78 is 9.82.